The summed E-state index contributed by atoms with van der Waals surface area (Å²) < 4.78 is 102. The summed E-state index contributed by atoms with van der Waals surface area (Å²) in [4.78, 5) is 0. The first-order chi connectivity index (χ1) is 6.00. The molecule has 0 aromatic rings. The maximum Gasteiger partial charge on any atom is 3.00 e. The van der Waals surface area contributed by atoms with Crippen molar-refractivity contribution in [3.63, 3.8) is 0 Å². The van der Waals surface area contributed by atoms with Gasteiger partial charge in [-0.1, -0.05) is 0 Å². The first-order valence-corrected chi connectivity index (χ1v) is 6.00. The van der Waals surface area contributed by atoms with Crippen molar-refractivity contribution in [2.75, 3.05) is 0 Å². The topological polar surface area (TPSA) is 241 Å². The molecule has 117 valence electrons. The molecule has 0 fully saturated rings. The van der Waals surface area contributed by atoms with Crippen LogP contribution < -0.4 is 0 Å². The molecule has 0 amide bonds. The van der Waals surface area contributed by atoms with Crippen LogP contribution in [0.4, 0.5) is 0 Å². The van der Waals surface area contributed by atoms with Crippen LogP contribution in [0.1, 0.15) is 0 Å². The van der Waals surface area contributed by atoms with Crippen molar-refractivity contribution in [3.8, 4) is 0 Å². The Morgan fingerprint density at radius 1 is 0.444 bits per heavy atom. The molecule has 0 spiro atoms. The Kier molecular flexibility index (Phi) is 29.5. The van der Waals surface area contributed by atoms with Gasteiger partial charge < -0.3 is 27.3 Å². The van der Waals surface area contributed by atoms with Gasteiger partial charge >= 0.3 is 34.1 Å². The molecule has 0 aromatic heterocycles. The fourth-order valence-corrected chi connectivity index (χ4v) is 0. The van der Waals surface area contributed by atoms with Gasteiger partial charge in [-0.2, -0.15) is 0 Å². The van der Waals surface area contributed by atoms with E-state index in [1.807, 2.05) is 0 Å². The molecule has 18 heteroatoms. The second-order valence-electron chi connectivity index (χ2n) is 1.22. The smallest absolute Gasteiger partial charge is 0.759 e. The first kappa shape index (κ1) is 36.5. The monoisotopic (exact) mass is 463 g/mol. The average molecular weight is 463 g/mol. The van der Waals surface area contributed by atoms with Crippen LogP contribution >= 0.6 is 0 Å². The van der Waals surface area contributed by atoms with E-state index >= 15 is 0 Å². The van der Waals surface area contributed by atoms with E-state index in [1.165, 1.54) is 0 Å². The Balaban J connectivity index is -0.0000000277. The SMILES string of the molecule is O=S(=O)([O-])[O-].O=S(=O)([O-])[O-].O=S(=O)([O-])[O-].[Cu].[Fe+3].[Fe+3]. The van der Waals surface area contributed by atoms with Crippen molar-refractivity contribution in [1.82, 2.24) is 0 Å². The Hall–Kier alpha value is 1.17. The van der Waals surface area contributed by atoms with E-state index in [-0.39, 0.29) is 51.2 Å². The zero-order valence-corrected chi connectivity index (χ0v) is 12.7. The normalized spacial score (nSPS) is 9.67. The molecule has 0 saturated heterocycles. The molecular weight excluding hydrogens is 463 g/mol. The Morgan fingerprint density at radius 3 is 0.444 bits per heavy atom. The summed E-state index contributed by atoms with van der Waals surface area (Å²) in [7, 11) is -15.5. The van der Waals surface area contributed by atoms with E-state index in [4.69, 9.17) is 52.6 Å². The minimum atomic E-state index is -5.17. The van der Waals surface area contributed by atoms with Gasteiger partial charge in [-0.3, -0.25) is 25.3 Å². The molecule has 18 heavy (non-hydrogen) atoms. The molecule has 0 rings (SSSR count). The van der Waals surface area contributed by atoms with E-state index in [9.17, 15) is 0 Å². The minimum absolute atomic E-state index is 0. The van der Waals surface area contributed by atoms with Gasteiger partial charge in [-0.05, 0) is 0 Å². The molecule has 3 radical (unpaired) electrons. The van der Waals surface area contributed by atoms with E-state index < -0.39 is 31.2 Å². The molecule has 0 bridgehead atoms. The van der Waals surface area contributed by atoms with Crippen molar-refractivity contribution in [2.45, 2.75) is 0 Å². The summed E-state index contributed by atoms with van der Waals surface area (Å²) in [5.74, 6) is 0. The summed E-state index contributed by atoms with van der Waals surface area (Å²) in [5.41, 5.74) is 0. The standard InChI is InChI=1S/Cu.2Fe.3H2O4S/c;;;3*1-5(2,3)4/h;;;3*(H2,1,2,3,4)/q;2*+3;;;/p-6. The van der Waals surface area contributed by atoms with Crippen LogP contribution in [-0.2, 0) is 82.4 Å². The molecule has 0 N–H and O–H groups in total. The number of rotatable bonds is 0. The molecule has 0 aromatic carbocycles. The molecule has 0 aliphatic heterocycles. The molecule has 0 atom stereocenters. The fraction of sp³-hybridized carbons (Fsp3) is 0. The van der Waals surface area contributed by atoms with Gasteiger partial charge in [0.15, 0.2) is 0 Å². The van der Waals surface area contributed by atoms with Crippen LogP contribution in [0.5, 0.6) is 0 Å². The van der Waals surface area contributed by atoms with Crippen molar-refractivity contribution in [3.05, 3.63) is 0 Å². The fourth-order valence-electron chi connectivity index (χ4n) is 0. The second kappa shape index (κ2) is 14.6. The third-order valence-corrected chi connectivity index (χ3v) is 0. The van der Waals surface area contributed by atoms with Gasteiger partial charge in [-0.25, -0.2) is 0 Å². The molecule has 0 unspecified atom stereocenters. The second-order valence-corrected chi connectivity index (χ2v) is 3.67. The summed E-state index contributed by atoms with van der Waals surface area (Å²) in [6, 6.07) is 0. The first-order valence-electron chi connectivity index (χ1n) is 2.00. The minimum Gasteiger partial charge on any atom is -0.759 e. The molecule has 0 heterocycles. The van der Waals surface area contributed by atoms with Crippen molar-refractivity contribution < 1.29 is 104 Å². The van der Waals surface area contributed by atoms with Gasteiger partial charge in [0.1, 0.15) is 0 Å². The van der Waals surface area contributed by atoms with Gasteiger partial charge in [0.2, 0.25) is 0 Å². The number of hydrogen-bond acceptors (Lipinski definition) is 12. The molecule has 0 saturated carbocycles. The maximum atomic E-state index is 8.52. The Labute approximate surface area is 134 Å². The zero-order chi connectivity index (χ0) is 13.5. The largest absolute Gasteiger partial charge is 3.00 e. The number of hydrogen-bond donors (Lipinski definition) is 0. The molecule has 0 aliphatic rings. The summed E-state index contributed by atoms with van der Waals surface area (Å²) in [6.07, 6.45) is 0. The van der Waals surface area contributed by atoms with Gasteiger partial charge in [-0.15, -0.1) is 0 Å². The molecular formula is CuFe2O12S3. The van der Waals surface area contributed by atoms with E-state index in [2.05, 4.69) is 0 Å². The predicted octanol–water partition coefficient (Wildman–Crippen LogP) is -4.02. The van der Waals surface area contributed by atoms with Crippen molar-refractivity contribution in [2.24, 2.45) is 0 Å². The third kappa shape index (κ3) is 3290. The Morgan fingerprint density at radius 2 is 0.444 bits per heavy atom. The van der Waals surface area contributed by atoms with Gasteiger partial charge in [0.05, 0.1) is 0 Å². The average Bonchev–Trinajstić information content (AvgIpc) is 1.41. The van der Waals surface area contributed by atoms with Crippen LogP contribution in [0.25, 0.3) is 0 Å². The van der Waals surface area contributed by atoms with Gasteiger partial charge in [0, 0.05) is 48.3 Å². The summed E-state index contributed by atoms with van der Waals surface area (Å²) in [5, 5.41) is 0. The van der Waals surface area contributed by atoms with E-state index in [0.717, 1.165) is 0 Å². The van der Waals surface area contributed by atoms with Crippen molar-refractivity contribution in [1.29, 1.82) is 0 Å². The summed E-state index contributed by atoms with van der Waals surface area (Å²) in [6.45, 7) is 0. The molecule has 0 aliphatic carbocycles. The van der Waals surface area contributed by atoms with Crippen LogP contribution in [-0.4, -0.2) is 52.6 Å². The van der Waals surface area contributed by atoms with Crippen LogP contribution in [0, 0.1) is 0 Å². The van der Waals surface area contributed by atoms with Crippen LogP contribution in [0.15, 0.2) is 0 Å². The van der Waals surface area contributed by atoms with E-state index in [0.29, 0.717) is 0 Å². The van der Waals surface area contributed by atoms with Gasteiger partial charge in [0.25, 0.3) is 0 Å². The summed E-state index contributed by atoms with van der Waals surface area (Å²) >= 11 is 0. The Bertz CT molecular complexity index is 346. The maximum absolute atomic E-state index is 8.52. The molecule has 12 nitrogen and oxygen atoms in total. The quantitative estimate of drug-likeness (QED) is 0.189. The predicted molar refractivity (Wildman–Crippen MR) is 31.4 cm³/mol. The van der Waals surface area contributed by atoms with Crippen molar-refractivity contribution >= 4 is 31.2 Å². The third-order valence-electron chi connectivity index (χ3n) is 0. The van der Waals surface area contributed by atoms with E-state index in [1.54, 1.807) is 0 Å². The van der Waals surface area contributed by atoms with Crippen LogP contribution in [0.3, 0.4) is 0 Å². The zero-order valence-electron chi connectivity index (χ0n) is 7.13. The van der Waals surface area contributed by atoms with Crippen LogP contribution in [0.2, 0.25) is 0 Å².